The van der Waals surface area contributed by atoms with E-state index in [9.17, 15) is 17.6 Å². The summed E-state index contributed by atoms with van der Waals surface area (Å²) in [7, 11) is -3.83. The standard InChI is InChI=1S/C16H15Cl2FN2O3S/c1-10(16(22)20-14-7-11(17)6-12(18)8-14)21(25(2,23)24)15-5-3-4-13(19)9-15/h3-10H,1-2H3,(H,20,22). The van der Waals surface area contributed by atoms with E-state index in [1.807, 2.05) is 0 Å². The monoisotopic (exact) mass is 404 g/mol. The van der Waals surface area contributed by atoms with Crippen LogP contribution in [0, 0.1) is 5.82 Å². The second kappa shape index (κ2) is 7.59. The number of amides is 1. The molecule has 2 aromatic carbocycles. The van der Waals surface area contributed by atoms with E-state index in [2.05, 4.69) is 5.32 Å². The zero-order valence-corrected chi connectivity index (χ0v) is 15.7. The number of carbonyl (C=O) groups is 1. The molecule has 0 aliphatic heterocycles. The third-order valence-electron chi connectivity index (χ3n) is 3.28. The van der Waals surface area contributed by atoms with Crippen molar-refractivity contribution in [2.45, 2.75) is 13.0 Å². The van der Waals surface area contributed by atoms with Crippen LogP contribution in [0.2, 0.25) is 10.0 Å². The number of sulfonamides is 1. The number of hydrogen-bond acceptors (Lipinski definition) is 3. The van der Waals surface area contributed by atoms with Gasteiger partial charge in [0.25, 0.3) is 0 Å². The minimum Gasteiger partial charge on any atom is -0.324 e. The van der Waals surface area contributed by atoms with Crippen molar-refractivity contribution in [3.8, 4) is 0 Å². The Hall–Kier alpha value is -1.83. The molecule has 0 aromatic heterocycles. The Kier molecular flexibility index (Phi) is 5.92. The van der Waals surface area contributed by atoms with Crippen molar-refractivity contribution in [2.75, 3.05) is 15.9 Å². The highest BCUT2D eigenvalue weighted by Gasteiger charge is 2.29. The van der Waals surface area contributed by atoms with Gasteiger partial charge in [-0.15, -0.1) is 0 Å². The minimum atomic E-state index is -3.83. The van der Waals surface area contributed by atoms with E-state index in [-0.39, 0.29) is 5.69 Å². The summed E-state index contributed by atoms with van der Waals surface area (Å²) >= 11 is 11.8. The molecule has 0 saturated carbocycles. The predicted molar refractivity (Wildman–Crippen MR) is 98.3 cm³/mol. The summed E-state index contributed by atoms with van der Waals surface area (Å²) < 4.78 is 38.6. The van der Waals surface area contributed by atoms with Crippen molar-refractivity contribution < 1.29 is 17.6 Å². The van der Waals surface area contributed by atoms with Crippen LogP contribution in [-0.2, 0) is 14.8 Å². The first-order valence-corrected chi connectivity index (χ1v) is 9.70. The summed E-state index contributed by atoms with van der Waals surface area (Å²) in [5.41, 5.74) is 0.372. The summed E-state index contributed by atoms with van der Waals surface area (Å²) in [5, 5.41) is 3.19. The van der Waals surface area contributed by atoms with E-state index in [0.717, 1.165) is 16.6 Å². The molecule has 0 radical (unpaired) electrons. The molecule has 0 fully saturated rings. The van der Waals surface area contributed by atoms with E-state index in [1.165, 1.54) is 43.3 Å². The second-order valence-electron chi connectivity index (χ2n) is 5.36. The molecule has 1 unspecified atom stereocenters. The first-order valence-electron chi connectivity index (χ1n) is 7.10. The van der Waals surface area contributed by atoms with Crippen LogP contribution in [0.15, 0.2) is 42.5 Å². The smallest absolute Gasteiger partial charge is 0.247 e. The number of anilines is 2. The van der Waals surface area contributed by atoms with E-state index in [1.54, 1.807) is 0 Å². The fourth-order valence-corrected chi connectivity index (χ4v) is 3.99. The lowest BCUT2D eigenvalue weighted by Crippen LogP contribution is -2.45. The van der Waals surface area contributed by atoms with Crippen LogP contribution in [-0.4, -0.2) is 26.6 Å². The van der Waals surface area contributed by atoms with Crippen molar-refractivity contribution in [3.63, 3.8) is 0 Å². The number of nitrogens with one attached hydrogen (secondary N) is 1. The molecule has 5 nitrogen and oxygen atoms in total. The number of benzene rings is 2. The van der Waals surface area contributed by atoms with E-state index >= 15 is 0 Å². The second-order valence-corrected chi connectivity index (χ2v) is 8.09. The molecule has 9 heteroatoms. The Morgan fingerprint density at radius 2 is 1.76 bits per heavy atom. The third-order valence-corrected chi connectivity index (χ3v) is 4.96. The van der Waals surface area contributed by atoms with Gasteiger partial charge in [0, 0.05) is 15.7 Å². The summed E-state index contributed by atoms with van der Waals surface area (Å²) in [6.07, 6.45) is 0.942. The molecular weight excluding hydrogens is 390 g/mol. The van der Waals surface area contributed by atoms with Gasteiger partial charge in [-0.2, -0.15) is 0 Å². The van der Waals surface area contributed by atoms with Crippen LogP contribution in [0.5, 0.6) is 0 Å². The highest BCUT2D eigenvalue weighted by Crippen LogP contribution is 2.25. The maximum absolute atomic E-state index is 13.5. The average Bonchev–Trinajstić information content (AvgIpc) is 2.44. The van der Waals surface area contributed by atoms with Crippen LogP contribution in [0.1, 0.15) is 6.92 Å². The number of nitrogens with zero attached hydrogens (tertiary/aromatic N) is 1. The number of carbonyl (C=O) groups excluding carboxylic acids is 1. The van der Waals surface area contributed by atoms with Gasteiger partial charge in [0.2, 0.25) is 15.9 Å². The summed E-state index contributed by atoms with van der Waals surface area (Å²) in [4.78, 5) is 12.5. The number of hydrogen-bond donors (Lipinski definition) is 1. The van der Waals surface area contributed by atoms with Gasteiger partial charge in [-0.3, -0.25) is 9.10 Å². The summed E-state index contributed by atoms with van der Waals surface area (Å²) in [6, 6.07) is 8.32. The Morgan fingerprint density at radius 1 is 1.16 bits per heavy atom. The van der Waals surface area contributed by atoms with Gasteiger partial charge in [0.05, 0.1) is 11.9 Å². The number of rotatable bonds is 5. The molecule has 1 N–H and O–H groups in total. The quantitative estimate of drug-likeness (QED) is 0.820. The van der Waals surface area contributed by atoms with Gasteiger partial charge in [-0.1, -0.05) is 29.3 Å². The molecule has 2 rings (SSSR count). The largest absolute Gasteiger partial charge is 0.324 e. The molecule has 0 aliphatic carbocycles. The lowest BCUT2D eigenvalue weighted by molar-refractivity contribution is -0.116. The minimum absolute atomic E-state index is 0.0503. The van der Waals surface area contributed by atoms with Gasteiger partial charge < -0.3 is 5.32 Å². The SMILES string of the molecule is CC(C(=O)Nc1cc(Cl)cc(Cl)c1)N(c1cccc(F)c1)S(C)(=O)=O. The number of halogens is 3. The molecule has 0 spiro atoms. The average molecular weight is 405 g/mol. The van der Waals surface area contributed by atoms with Crippen LogP contribution >= 0.6 is 23.2 Å². The van der Waals surface area contributed by atoms with Crippen molar-refractivity contribution in [1.29, 1.82) is 0 Å². The zero-order chi connectivity index (χ0) is 18.8. The Labute approximate surface area is 155 Å². The van der Waals surface area contributed by atoms with Gasteiger partial charge in [-0.25, -0.2) is 12.8 Å². The van der Waals surface area contributed by atoms with Crippen LogP contribution in [0.3, 0.4) is 0 Å². The van der Waals surface area contributed by atoms with E-state index < -0.39 is 27.8 Å². The highest BCUT2D eigenvalue weighted by atomic mass is 35.5. The molecule has 0 bridgehead atoms. The van der Waals surface area contributed by atoms with E-state index in [0.29, 0.717) is 15.7 Å². The predicted octanol–water partition coefficient (Wildman–Crippen LogP) is 3.93. The molecule has 1 amide bonds. The molecule has 25 heavy (non-hydrogen) atoms. The normalized spacial score (nSPS) is 12.5. The molecule has 0 aliphatic rings. The van der Waals surface area contributed by atoms with Crippen LogP contribution in [0.25, 0.3) is 0 Å². The van der Waals surface area contributed by atoms with Crippen molar-refractivity contribution in [1.82, 2.24) is 0 Å². The maximum atomic E-state index is 13.5. The first kappa shape index (κ1) is 19.5. The van der Waals surface area contributed by atoms with Gasteiger partial charge in [-0.05, 0) is 43.3 Å². The Balaban J connectivity index is 2.33. The third kappa shape index (κ3) is 5.07. The maximum Gasteiger partial charge on any atom is 0.247 e. The first-order chi connectivity index (χ1) is 11.6. The van der Waals surface area contributed by atoms with Gasteiger partial charge in [0.15, 0.2) is 0 Å². The fraction of sp³-hybridized carbons (Fsp3) is 0.188. The van der Waals surface area contributed by atoms with Crippen LogP contribution < -0.4 is 9.62 Å². The summed E-state index contributed by atoms with van der Waals surface area (Å²) in [5.74, 6) is -1.23. The molecular formula is C16H15Cl2FN2O3S. The van der Waals surface area contributed by atoms with Crippen molar-refractivity contribution >= 4 is 50.5 Å². The molecule has 1 atom stereocenters. The van der Waals surface area contributed by atoms with Crippen LogP contribution in [0.4, 0.5) is 15.8 Å². The Morgan fingerprint density at radius 3 is 2.28 bits per heavy atom. The van der Waals surface area contributed by atoms with Crippen molar-refractivity contribution in [2.24, 2.45) is 0 Å². The lowest BCUT2D eigenvalue weighted by atomic mass is 10.2. The summed E-state index contributed by atoms with van der Waals surface area (Å²) in [6.45, 7) is 1.40. The van der Waals surface area contributed by atoms with Gasteiger partial charge >= 0.3 is 0 Å². The topological polar surface area (TPSA) is 66.5 Å². The van der Waals surface area contributed by atoms with E-state index in [4.69, 9.17) is 23.2 Å². The van der Waals surface area contributed by atoms with Gasteiger partial charge in [0.1, 0.15) is 11.9 Å². The molecule has 0 heterocycles. The Bertz CT molecular complexity index is 886. The zero-order valence-electron chi connectivity index (χ0n) is 13.3. The lowest BCUT2D eigenvalue weighted by Gasteiger charge is -2.28. The fourth-order valence-electron chi connectivity index (χ4n) is 2.29. The van der Waals surface area contributed by atoms with Crippen molar-refractivity contribution in [3.05, 3.63) is 58.3 Å². The highest BCUT2D eigenvalue weighted by molar-refractivity contribution is 7.92. The molecule has 134 valence electrons. The molecule has 2 aromatic rings. The molecule has 0 saturated heterocycles.